The Labute approximate surface area is 134 Å². The van der Waals surface area contributed by atoms with E-state index in [4.69, 9.17) is 4.74 Å². The summed E-state index contributed by atoms with van der Waals surface area (Å²) in [7, 11) is 1.48. The minimum Gasteiger partial charge on any atom is -0.504 e. The number of ether oxygens (including phenoxy) is 1. The number of aryl methyl sites for hydroxylation is 2. The van der Waals surface area contributed by atoms with Crippen molar-refractivity contribution in [3.63, 3.8) is 0 Å². The number of H-pyrrole nitrogens is 1. The Morgan fingerprint density at radius 3 is 2.87 bits per heavy atom. The van der Waals surface area contributed by atoms with Gasteiger partial charge in [-0.05, 0) is 49.6 Å². The summed E-state index contributed by atoms with van der Waals surface area (Å²) in [5, 5.41) is 20.5. The molecule has 7 nitrogen and oxygen atoms in total. The number of aromatic nitrogens is 2. The second-order valence-electron chi connectivity index (χ2n) is 5.14. The first-order valence-corrected chi connectivity index (χ1v) is 7.20. The van der Waals surface area contributed by atoms with Crippen molar-refractivity contribution >= 4 is 12.1 Å². The smallest absolute Gasteiger partial charge is 0.240 e. The number of phenols is 1. The number of phenolic OH excluding ortho intramolecular Hbond substituents is 1. The molecule has 0 saturated heterocycles. The Bertz CT molecular complexity index is 703. The summed E-state index contributed by atoms with van der Waals surface area (Å²) in [4.78, 5) is 11.8. The predicted molar refractivity (Wildman–Crippen MR) is 86.8 cm³/mol. The standard InChI is InChI=1S/C16H20N4O3/c1-10-13(11(2)19-18-10)5-7-16(22)20-17-9-12-4-6-15(23-3)14(21)8-12/h4,6,8-9,21H,5,7H2,1-3H3,(H,18,19)(H,20,22)/b17-9+. The number of nitrogens with zero attached hydrogens (tertiary/aromatic N) is 2. The lowest BCUT2D eigenvalue weighted by atomic mass is 10.1. The van der Waals surface area contributed by atoms with E-state index in [0.717, 1.165) is 17.0 Å². The summed E-state index contributed by atoms with van der Waals surface area (Å²) >= 11 is 0. The van der Waals surface area contributed by atoms with Crippen LogP contribution < -0.4 is 10.2 Å². The van der Waals surface area contributed by atoms with Gasteiger partial charge in [-0.25, -0.2) is 5.43 Å². The molecule has 1 aromatic heterocycles. The zero-order valence-electron chi connectivity index (χ0n) is 13.4. The molecule has 0 atom stereocenters. The molecule has 0 spiro atoms. The first-order chi connectivity index (χ1) is 11.0. The number of hydrazone groups is 1. The number of hydrogen-bond donors (Lipinski definition) is 3. The Balaban J connectivity index is 1.85. The van der Waals surface area contributed by atoms with Gasteiger partial charge in [-0.1, -0.05) is 0 Å². The van der Waals surface area contributed by atoms with Crippen LogP contribution in [0.2, 0.25) is 0 Å². The molecule has 0 fully saturated rings. The van der Waals surface area contributed by atoms with Gasteiger partial charge in [-0.15, -0.1) is 0 Å². The molecule has 0 unspecified atom stereocenters. The van der Waals surface area contributed by atoms with Gasteiger partial charge in [0, 0.05) is 12.1 Å². The highest BCUT2D eigenvalue weighted by atomic mass is 16.5. The van der Waals surface area contributed by atoms with Crippen LogP contribution in [0.15, 0.2) is 23.3 Å². The van der Waals surface area contributed by atoms with E-state index < -0.39 is 0 Å². The molecule has 0 aliphatic heterocycles. The molecule has 0 saturated carbocycles. The van der Waals surface area contributed by atoms with Crippen molar-refractivity contribution in [2.75, 3.05) is 7.11 Å². The molecular weight excluding hydrogens is 296 g/mol. The Morgan fingerprint density at radius 2 is 2.26 bits per heavy atom. The summed E-state index contributed by atoms with van der Waals surface area (Å²) in [6, 6.07) is 4.86. The Hall–Kier alpha value is -2.83. The predicted octanol–water partition coefficient (Wildman–Crippen LogP) is 1.82. The van der Waals surface area contributed by atoms with Crippen LogP contribution in [0.25, 0.3) is 0 Å². The van der Waals surface area contributed by atoms with Gasteiger partial charge in [-0.2, -0.15) is 10.2 Å². The topological polar surface area (TPSA) is 99.6 Å². The van der Waals surface area contributed by atoms with E-state index in [0.29, 0.717) is 24.2 Å². The van der Waals surface area contributed by atoms with Crippen LogP contribution >= 0.6 is 0 Å². The lowest BCUT2D eigenvalue weighted by Gasteiger charge is -2.03. The molecular formula is C16H20N4O3. The zero-order chi connectivity index (χ0) is 16.8. The summed E-state index contributed by atoms with van der Waals surface area (Å²) in [5.41, 5.74) is 6.07. The van der Waals surface area contributed by atoms with E-state index in [1.54, 1.807) is 12.1 Å². The highest BCUT2D eigenvalue weighted by Crippen LogP contribution is 2.25. The molecule has 3 N–H and O–H groups in total. The molecule has 2 aromatic rings. The number of carbonyl (C=O) groups is 1. The quantitative estimate of drug-likeness (QED) is 0.559. The maximum atomic E-state index is 11.8. The van der Waals surface area contributed by atoms with Gasteiger partial charge in [0.15, 0.2) is 11.5 Å². The van der Waals surface area contributed by atoms with Crippen LogP contribution in [-0.2, 0) is 11.2 Å². The van der Waals surface area contributed by atoms with Crippen LogP contribution in [0, 0.1) is 13.8 Å². The molecule has 7 heteroatoms. The number of amides is 1. The fourth-order valence-electron chi connectivity index (χ4n) is 2.20. The highest BCUT2D eigenvalue weighted by Gasteiger charge is 2.08. The zero-order valence-corrected chi connectivity index (χ0v) is 13.4. The maximum absolute atomic E-state index is 11.8. The average molecular weight is 316 g/mol. The average Bonchev–Trinajstić information content (AvgIpc) is 2.84. The van der Waals surface area contributed by atoms with E-state index >= 15 is 0 Å². The molecule has 122 valence electrons. The van der Waals surface area contributed by atoms with Gasteiger partial charge >= 0.3 is 0 Å². The van der Waals surface area contributed by atoms with E-state index in [-0.39, 0.29) is 11.7 Å². The largest absolute Gasteiger partial charge is 0.504 e. The maximum Gasteiger partial charge on any atom is 0.240 e. The van der Waals surface area contributed by atoms with Crippen LogP contribution in [0.3, 0.4) is 0 Å². The second kappa shape index (κ2) is 7.44. The van der Waals surface area contributed by atoms with Gasteiger partial charge < -0.3 is 9.84 Å². The molecule has 0 radical (unpaired) electrons. The van der Waals surface area contributed by atoms with E-state index in [2.05, 4.69) is 20.7 Å². The first-order valence-electron chi connectivity index (χ1n) is 7.20. The van der Waals surface area contributed by atoms with Crippen molar-refractivity contribution in [2.45, 2.75) is 26.7 Å². The highest BCUT2D eigenvalue weighted by molar-refractivity contribution is 5.83. The lowest BCUT2D eigenvalue weighted by Crippen LogP contribution is -2.18. The van der Waals surface area contributed by atoms with Crippen molar-refractivity contribution < 1.29 is 14.6 Å². The molecule has 1 heterocycles. The van der Waals surface area contributed by atoms with Gasteiger partial charge in [0.25, 0.3) is 0 Å². The van der Waals surface area contributed by atoms with Crippen LogP contribution in [0.5, 0.6) is 11.5 Å². The van der Waals surface area contributed by atoms with E-state index in [1.165, 1.54) is 19.4 Å². The normalized spacial score (nSPS) is 10.9. The van der Waals surface area contributed by atoms with E-state index in [1.807, 2.05) is 13.8 Å². The lowest BCUT2D eigenvalue weighted by molar-refractivity contribution is -0.121. The molecule has 0 aliphatic carbocycles. The molecule has 0 bridgehead atoms. The SMILES string of the molecule is COc1ccc(/C=N/NC(=O)CCc2c(C)n[nH]c2C)cc1O. The van der Waals surface area contributed by atoms with Gasteiger partial charge in [0.1, 0.15) is 0 Å². The van der Waals surface area contributed by atoms with Crippen molar-refractivity contribution in [2.24, 2.45) is 5.10 Å². The third-order valence-electron chi connectivity index (χ3n) is 3.49. The number of benzene rings is 1. The van der Waals surface area contributed by atoms with Crippen molar-refractivity contribution in [1.82, 2.24) is 15.6 Å². The minimum atomic E-state index is -0.181. The van der Waals surface area contributed by atoms with Crippen molar-refractivity contribution in [1.29, 1.82) is 0 Å². The fraction of sp³-hybridized carbons (Fsp3) is 0.312. The van der Waals surface area contributed by atoms with Crippen LogP contribution in [0.4, 0.5) is 0 Å². The molecule has 23 heavy (non-hydrogen) atoms. The van der Waals surface area contributed by atoms with Gasteiger partial charge in [0.2, 0.25) is 5.91 Å². The number of rotatable bonds is 6. The number of hydrogen-bond acceptors (Lipinski definition) is 5. The van der Waals surface area contributed by atoms with Gasteiger partial charge in [-0.3, -0.25) is 9.89 Å². The summed E-state index contributed by atoms with van der Waals surface area (Å²) in [6.07, 6.45) is 2.40. The minimum absolute atomic E-state index is 0.0219. The number of aromatic amines is 1. The monoisotopic (exact) mass is 316 g/mol. The number of carbonyl (C=O) groups excluding carboxylic acids is 1. The molecule has 1 aromatic carbocycles. The summed E-state index contributed by atoms with van der Waals surface area (Å²) in [5.74, 6) is 0.227. The third-order valence-corrected chi connectivity index (χ3v) is 3.49. The van der Waals surface area contributed by atoms with Crippen LogP contribution in [0.1, 0.15) is 28.9 Å². The van der Waals surface area contributed by atoms with Crippen molar-refractivity contribution in [3.8, 4) is 11.5 Å². The van der Waals surface area contributed by atoms with Crippen LogP contribution in [-0.4, -0.2) is 34.5 Å². The number of methoxy groups -OCH3 is 1. The summed E-state index contributed by atoms with van der Waals surface area (Å²) in [6.45, 7) is 3.84. The Morgan fingerprint density at radius 1 is 1.48 bits per heavy atom. The number of aromatic hydroxyl groups is 1. The van der Waals surface area contributed by atoms with Gasteiger partial charge in [0.05, 0.1) is 19.0 Å². The fourth-order valence-corrected chi connectivity index (χ4v) is 2.20. The molecule has 0 aliphatic rings. The van der Waals surface area contributed by atoms with E-state index in [9.17, 15) is 9.90 Å². The second-order valence-corrected chi connectivity index (χ2v) is 5.14. The number of nitrogens with one attached hydrogen (secondary N) is 2. The molecule has 1 amide bonds. The third kappa shape index (κ3) is 4.32. The Kier molecular flexibility index (Phi) is 5.35. The summed E-state index contributed by atoms with van der Waals surface area (Å²) < 4.78 is 4.96. The van der Waals surface area contributed by atoms with Crippen molar-refractivity contribution in [3.05, 3.63) is 40.7 Å². The first kappa shape index (κ1) is 16.5. The molecule has 2 rings (SSSR count).